The Bertz CT molecular complexity index is 659. The van der Waals surface area contributed by atoms with Gasteiger partial charge in [-0.3, -0.25) is 9.59 Å². The SMILES string of the molecule is CC(=O)N[C@@H](Cc1ccccc1)C(=O)N(CCO)c1ccccc1. The highest BCUT2D eigenvalue weighted by Gasteiger charge is 2.26. The van der Waals surface area contributed by atoms with Crippen molar-refractivity contribution in [3.05, 3.63) is 66.2 Å². The summed E-state index contributed by atoms with van der Waals surface area (Å²) in [4.78, 5) is 26.0. The molecule has 2 aromatic rings. The highest BCUT2D eigenvalue weighted by Crippen LogP contribution is 2.16. The number of rotatable bonds is 7. The van der Waals surface area contributed by atoms with Gasteiger partial charge in [0, 0.05) is 25.6 Å². The van der Waals surface area contributed by atoms with Crippen LogP contribution in [0.1, 0.15) is 12.5 Å². The molecule has 0 bridgehead atoms. The number of aliphatic hydroxyl groups excluding tert-OH is 1. The third kappa shape index (κ3) is 4.93. The molecule has 2 N–H and O–H groups in total. The predicted octanol–water partition coefficient (Wildman–Crippen LogP) is 1.76. The lowest BCUT2D eigenvalue weighted by Gasteiger charge is -2.27. The molecule has 2 aromatic carbocycles. The van der Waals surface area contributed by atoms with E-state index in [0.29, 0.717) is 12.1 Å². The van der Waals surface area contributed by atoms with E-state index in [2.05, 4.69) is 5.32 Å². The molecule has 0 radical (unpaired) electrons. The van der Waals surface area contributed by atoms with Gasteiger partial charge in [-0.2, -0.15) is 0 Å². The first-order valence-corrected chi connectivity index (χ1v) is 7.90. The average molecular weight is 326 g/mol. The van der Waals surface area contributed by atoms with E-state index in [0.717, 1.165) is 5.56 Å². The largest absolute Gasteiger partial charge is 0.395 e. The topological polar surface area (TPSA) is 69.6 Å². The number of hydrogen-bond donors (Lipinski definition) is 2. The van der Waals surface area contributed by atoms with Crippen LogP contribution in [0.3, 0.4) is 0 Å². The summed E-state index contributed by atoms with van der Waals surface area (Å²) in [5.41, 5.74) is 1.65. The monoisotopic (exact) mass is 326 g/mol. The van der Waals surface area contributed by atoms with Crippen molar-refractivity contribution in [2.45, 2.75) is 19.4 Å². The van der Waals surface area contributed by atoms with Crippen LogP contribution in [-0.4, -0.2) is 36.1 Å². The Hall–Kier alpha value is -2.66. The Morgan fingerprint density at radius 1 is 1.04 bits per heavy atom. The molecule has 0 fully saturated rings. The molecule has 2 rings (SSSR count). The van der Waals surface area contributed by atoms with Crippen LogP contribution in [0.5, 0.6) is 0 Å². The lowest BCUT2D eigenvalue weighted by molar-refractivity contribution is -0.126. The van der Waals surface area contributed by atoms with Gasteiger partial charge in [0.05, 0.1) is 6.61 Å². The van der Waals surface area contributed by atoms with Crippen molar-refractivity contribution in [3.8, 4) is 0 Å². The molecule has 0 aromatic heterocycles. The third-order valence-corrected chi connectivity index (χ3v) is 3.62. The number of nitrogens with zero attached hydrogens (tertiary/aromatic N) is 1. The fourth-order valence-electron chi connectivity index (χ4n) is 2.56. The number of anilines is 1. The number of hydrogen-bond acceptors (Lipinski definition) is 3. The molecule has 0 saturated carbocycles. The van der Waals surface area contributed by atoms with E-state index in [-0.39, 0.29) is 25.0 Å². The highest BCUT2D eigenvalue weighted by atomic mass is 16.3. The highest BCUT2D eigenvalue weighted by molar-refractivity contribution is 5.99. The molecule has 0 aliphatic rings. The second-order valence-electron chi connectivity index (χ2n) is 5.49. The lowest BCUT2D eigenvalue weighted by atomic mass is 10.0. The van der Waals surface area contributed by atoms with Gasteiger partial charge in [-0.25, -0.2) is 0 Å². The first-order valence-electron chi connectivity index (χ1n) is 7.90. The molecule has 2 amide bonds. The number of carbonyl (C=O) groups is 2. The van der Waals surface area contributed by atoms with Gasteiger partial charge < -0.3 is 15.3 Å². The van der Waals surface area contributed by atoms with Gasteiger partial charge in [0.25, 0.3) is 0 Å². The van der Waals surface area contributed by atoms with Gasteiger partial charge in [-0.15, -0.1) is 0 Å². The third-order valence-electron chi connectivity index (χ3n) is 3.62. The molecule has 5 nitrogen and oxygen atoms in total. The summed E-state index contributed by atoms with van der Waals surface area (Å²) < 4.78 is 0. The van der Waals surface area contributed by atoms with Gasteiger partial charge >= 0.3 is 0 Å². The zero-order chi connectivity index (χ0) is 17.4. The summed E-state index contributed by atoms with van der Waals surface area (Å²) >= 11 is 0. The van der Waals surface area contributed by atoms with Gasteiger partial charge in [0.1, 0.15) is 6.04 Å². The minimum absolute atomic E-state index is 0.154. The average Bonchev–Trinajstić information content (AvgIpc) is 2.60. The maximum absolute atomic E-state index is 13.0. The van der Waals surface area contributed by atoms with Crippen LogP contribution in [0.4, 0.5) is 5.69 Å². The summed E-state index contributed by atoms with van der Waals surface area (Å²) in [6.45, 7) is 1.41. The minimum atomic E-state index is -0.684. The second-order valence-corrected chi connectivity index (χ2v) is 5.49. The van der Waals surface area contributed by atoms with Crippen LogP contribution < -0.4 is 10.2 Å². The first-order chi connectivity index (χ1) is 11.6. The van der Waals surface area contributed by atoms with Gasteiger partial charge in [-0.05, 0) is 17.7 Å². The smallest absolute Gasteiger partial charge is 0.249 e. The van der Waals surface area contributed by atoms with Crippen molar-refractivity contribution in [2.75, 3.05) is 18.1 Å². The molecule has 0 aliphatic carbocycles. The Kier molecular flexibility index (Phi) is 6.51. The van der Waals surface area contributed by atoms with Gasteiger partial charge in [0.15, 0.2) is 0 Å². The minimum Gasteiger partial charge on any atom is -0.395 e. The molecule has 0 heterocycles. The number of nitrogens with one attached hydrogen (secondary N) is 1. The van der Waals surface area contributed by atoms with Gasteiger partial charge in [0.2, 0.25) is 11.8 Å². The van der Waals surface area contributed by atoms with E-state index in [1.165, 1.54) is 11.8 Å². The van der Waals surface area contributed by atoms with Crippen molar-refractivity contribution in [1.82, 2.24) is 5.32 Å². The van der Waals surface area contributed by atoms with Crippen LogP contribution in [0.2, 0.25) is 0 Å². The maximum atomic E-state index is 13.0. The van der Waals surface area contributed by atoms with E-state index in [1.54, 1.807) is 12.1 Å². The summed E-state index contributed by atoms with van der Waals surface area (Å²) in [5, 5.41) is 12.0. The van der Waals surface area contributed by atoms with E-state index < -0.39 is 6.04 Å². The molecule has 126 valence electrons. The van der Waals surface area contributed by atoms with E-state index in [1.807, 2.05) is 48.5 Å². The fourth-order valence-corrected chi connectivity index (χ4v) is 2.56. The number of para-hydroxylation sites is 1. The maximum Gasteiger partial charge on any atom is 0.249 e. The zero-order valence-electron chi connectivity index (χ0n) is 13.7. The van der Waals surface area contributed by atoms with Crippen molar-refractivity contribution in [3.63, 3.8) is 0 Å². The van der Waals surface area contributed by atoms with E-state index in [9.17, 15) is 14.7 Å². The van der Waals surface area contributed by atoms with Crippen LogP contribution in [0.15, 0.2) is 60.7 Å². The Labute approximate surface area is 141 Å². The summed E-state index contributed by atoms with van der Waals surface area (Å²) in [7, 11) is 0. The van der Waals surface area contributed by atoms with Crippen molar-refractivity contribution >= 4 is 17.5 Å². The fraction of sp³-hybridized carbons (Fsp3) is 0.263. The van der Waals surface area contributed by atoms with Crippen LogP contribution >= 0.6 is 0 Å². The summed E-state index contributed by atoms with van der Waals surface area (Å²) in [5.74, 6) is -0.504. The number of amides is 2. The Balaban J connectivity index is 2.25. The molecular weight excluding hydrogens is 304 g/mol. The zero-order valence-corrected chi connectivity index (χ0v) is 13.7. The summed E-state index contributed by atoms with van der Waals surface area (Å²) in [6.07, 6.45) is 0.397. The number of carbonyl (C=O) groups excluding carboxylic acids is 2. The summed E-state index contributed by atoms with van der Waals surface area (Å²) in [6, 6.07) is 18.0. The van der Waals surface area contributed by atoms with Gasteiger partial charge in [-0.1, -0.05) is 48.5 Å². The quantitative estimate of drug-likeness (QED) is 0.814. The molecule has 0 spiro atoms. The predicted molar refractivity (Wildman–Crippen MR) is 93.6 cm³/mol. The van der Waals surface area contributed by atoms with Crippen LogP contribution in [0, 0.1) is 0 Å². The number of benzene rings is 2. The normalized spacial score (nSPS) is 11.6. The molecule has 24 heavy (non-hydrogen) atoms. The van der Waals surface area contributed by atoms with Crippen molar-refractivity contribution < 1.29 is 14.7 Å². The van der Waals surface area contributed by atoms with Crippen LogP contribution in [0.25, 0.3) is 0 Å². The second kappa shape index (κ2) is 8.84. The first kappa shape index (κ1) is 17.7. The molecule has 0 aliphatic heterocycles. The van der Waals surface area contributed by atoms with Crippen molar-refractivity contribution in [2.24, 2.45) is 0 Å². The molecule has 5 heteroatoms. The molecular formula is C19H22N2O3. The molecule has 0 unspecified atom stereocenters. The standard InChI is InChI=1S/C19H22N2O3/c1-15(23)20-18(14-16-8-4-2-5-9-16)19(24)21(12-13-22)17-10-6-3-7-11-17/h2-11,18,22H,12-14H2,1H3,(H,20,23)/t18-/m0/s1. The lowest BCUT2D eigenvalue weighted by Crippen LogP contribution is -2.50. The molecule has 0 saturated heterocycles. The van der Waals surface area contributed by atoms with Crippen molar-refractivity contribution in [1.29, 1.82) is 0 Å². The Morgan fingerprint density at radius 2 is 1.62 bits per heavy atom. The number of aliphatic hydroxyl groups is 1. The Morgan fingerprint density at radius 3 is 2.17 bits per heavy atom. The van der Waals surface area contributed by atoms with E-state index >= 15 is 0 Å². The van der Waals surface area contributed by atoms with E-state index in [4.69, 9.17) is 0 Å². The van der Waals surface area contributed by atoms with Crippen LogP contribution in [-0.2, 0) is 16.0 Å². The molecule has 1 atom stereocenters.